The standard InChI is InChI=1S/C11H13ClO2/c1-11(2,3)10(14)7-4-5-9(13)8(12)6-7/h4-6,13H,1-3H3. The zero-order chi connectivity index (χ0) is 10.9. The van der Waals surface area contributed by atoms with Crippen LogP contribution >= 0.6 is 11.6 Å². The summed E-state index contributed by atoms with van der Waals surface area (Å²) in [6.45, 7) is 5.53. The number of Topliss-reactive ketones (excluding diaryl/α,β-unsaturated/α-hetero) is 1. The summed E-state index contributed by atoms with van der Waals surface area (Å²) in [7, 11) is 0. The number of ketones is 1. The minimum absolute atomic E-state index is 0.00266. The van der Waals surface area contributed by atoms with Gasteiger partial charge in [0, 0.05) is 11.0 Å². The second-order valence-corrected chi connectivity index (χ2v) is 4.65. The SMILES string of the molecule is CC(C)(C)C(=O)c1ccc(O)c(Cl)c1. The summed E-state index contributed by atoms with van der Waals surface area (Å²) in [6, 6.07) is 4.50. The third-order valence-corrected chi connectivity index (χ3v) is 2.19. The van der Waals surface area contributed by atoms with Gasteiger partial charge in [0.15, 0.2) is 5.78 Å². The zero-order valence-corrected chi connectivity index (χ0v) is 9.22. The lowest BCUT2D eigenvalue weighted by atomic mass is 9.86. The number of phenolic OH excluding ortho intramolecular Hbond substituents is 1. The Morgan fingerprint density at radius 3 is 2.36 bits per heavy atom. The Labute approximate surface area is 88.5 Å². The Balaban J connectivity index is 3.10. The van der Waals surface area contributed by atoms with Gasteiger partial charge < -0.3 is 5.11 Å². The van der Waals surface area contributed by atoms with Crippen molar-refractivity contribution in [3.8, 4) is 5.75 Å². The van der Waals surface area contributed by atoms with Crippen molar-refractivity contribution in [3.05, 3.63) is 28.8 Å². The molecule has 0 bridgehead atoms. The van der Waals surface area contributed by atoms with Crippen molar-refractivity contribution in [2.45, 2.75) is 20.8 Å². The Kier molecular flexibility index (Phi) is 2.86. The molecule has 0 aromatic heterocycles. The monoisotopic (exact) mass is 212 g/mol. The lowest BCUT2D eigenvalue weighted by Crippen LogP contribution is -2.19. The molecule has 0 saturated heterocycles. The molecule has 0 fully saturated rings. The van der Waals surface area contributed by atoms with Gasteiger partial charge in [0.05, 0.1) is 5.02 Å². The summed E-state index contributed by atoms with van der Waals surface area (Å²) in [5.74, 6) is 0.0107. The fourth-order valence-electron chi connectivity index (χ4n) is 1.08. The highest BCUT2D eigenvalue weighted by molar-refractivity contribution is 6.32. The molecule has 0 unspecified atom stereocenters. The summed E-state index contributed by atoms with van der Waals surface area (Å²) >= 11 is 5.71. The molecule has 1 N–H and O–H groups in total. The second kappa shape index (κ2) is 3.62. The third kappa shape index (κ3) is 2.26. The van der Waals surface area contributed by atoms with Gasteiger partial charge in [-0.3, -0.25) is 4.79 Å². The van der Waals surface area contributed by atoms with Crippen molar-refractivity contribution in [1.82, 2.24) is 0 Å². The highest BCUT2D eigenvalue weighted by Crippen LogP contribution is 2.27. The molecule has 1 rings (SSSR count). The predicted molar refractivity (Wildman–Crippen MR) is 56.9 cm³/mol. The van der Waals surface area contributed by atoms with Gasteiger partial charge in [0.1, 0.15) is 5.75 Å². The molecule has 0 heterocycles. The molecule has 0 aliphatic heterocycles. The molecule has 1 aromatic carbocycles. The predicted octanol–water partition coefficient (Wildman–Crippen LogP) is 3.27. The average molecular weight is 213 g/mol. The molecule has 76 valence electrons. The number of hydrogen-bond acceptors (Lipinski definition) is 2. The van der Waals surface area contributed by atoms with Crippen molar-refractivity contribution in [1.29, 1.82) is 0 Å². The van der Waals surface area contributed by atoms with Gasteiger partial charge in [0.2, 0.25) is 0 Å². The van der Waals surface area contributed by atoms with Gasteiger partial charge in [-0.25, -0.2) is 0 Å². The van der Waals surface area contributed by atoms with Gasteiger partial charge in [-0.1, -0.05) is 32.4 Å². The van der Waals surface area contributed by atoms with Crippen molar-refractivity contribution in [3.63, 3.8) is 0 Å². The van der Waals surface area contributed by atoms with E-state index in [1.54, 1.807) is 6.07 Å². The van der Waals surface area contributed by atoms with Crippen molar-refractivity contribution < 1.29 is 9.90 Å². The maximum atomic E-state index is 11.8. The van der Waals surface area contributed by atoms with E-state index in [1.165, 1.54) is 12.1 Å². The zero-order valence-electron chi connectivity index (χ0n) is 8.47. The molecule has 0 aliphatic carbocycles. The number of halogens is 1. The molecular formula is C11H13ClO2. The average Bonchev–Trinajstić information content (AvgIpc) is 2.07. The molecule has 0 radical (unpaired) electrons. The van der Waals surface area contributed by atoms with E-state index in [-0.39, 0.29) is 16.6 Å². The lowest BCUT2D eigenvalue weighted by Gasteiger charge is -2.16. The summed E-state index contributed by atoms with van der Waals surface area (Å²) in [6.07, 6.45) is 0. The normalized spacial score (nSPS) is 11.4. The molecule has 0 amide bonds. The van der Waals surface area contributed by atoms with Crippen LogP contribution in [0.5, 0.6) is 5.75 Å². The van der Waals surface area contributed by atoms with Gasteiger partial charge in [-0.2, -0.15) is 0 Å². The number of carbonyl (C=O) groups is 1. The minimum Gasteiger partial charge on any atom is -0.506 e. The topological polar surface area (TPSA) is 37.3 Å². The smallest absolute Gasteiger partial charge is 0.168 e. The van der Waals surface area contributed by atoms with E-state index in [2.05, 4.69) is 0 Å². The first-order valence-corrected chi connectivity index (χ1v) is 4.73. The minimum atomic E-state index is -0.430. The largest absolute Gasteiger partial charge is 0.506 e. The van der Waals surface area contributed by atoms with E-state index in [0.29, 0.717) is 5.56 Å². The van der Waals surface area contributed by atoms with Crippen molar-refractivity contribution >= 4 is 17.4 Å². The van der Waals surface area contributed by atoms with Crippen molar-refractivity contribution in [2.24, 2.45) is 5.41 Å². The summed E-state index contributed by atoms with van der Waals surface area (Å²) in [4.78, 5) is 11.8. The van der Waals surface area contributed by atoms with Crippen LogP contribution in [0.3, 0.4) is 0 Å². The van der Waals surface area contributed by atoms with Gasteiger partial charge >= 0.3 is 0 Å². The molecule has 0 atom stereocenters. The van der Waals surface area contributed by atoms with Gasteiger partial charge in [0.25, 0.3) is 0 Å². The molecule has 3 heteroatoms. The van der Waals surface area contributed by atoms with Crippen LogP contribution in [0.25, 0.3) is 0 Å². The summed E-state index contributed by atoms with van der Waals surface area (Å²) in [5, 5.41) is 9.39. The first-order valence-electron chi connectivity index (χ1n) is 4.35. The maximum absolute atomic E-state index is 11.8. The Morgan fingerprint density at radius 1 is 1.36 bits per heavy atom. The number of carbonyl (C=O) groups excluding carboxylic acids is 1. The lowest BCUT2D eigenvalue weighted by molar-refractivity contribution is 0.0858. The van der Waals surface area contributed by atoms with Crippen LogP contribution in [0.2, 0.25) is 5.02 Å². The van der Waals surface area contributed by atoms with Crippen LogP contribution in [-0.4, -0.2) is 10.9 Å². The van der Waals surface area contributed by atoms with Crippen molar-refractivity contribution in [2.75, 3.05) is 0 Å². The van der Waals surface area contributed by atoms with Crippen LogP contribution in [0.4, 0.5) is 0 Å². The van der Waals surface area contributed by atoms with E-state index >= 15 is 0 Å². The highest BCUT2D eigenvalue weighted by Gasteiger charge is 2.23. The second-order valence-electron chi connectivity index (χ2n) is 4.25. The molecular weight excluding hydrogens is 200 g/mol. The Morgan fingerprint density at radius 2 is 1.93 bits per heavy atom. The van der Waals surface area contributed by atoms with Crippen LogP contribution in [0.1, 0.15) is 31.1 Å². The number of aromatic hydroxyl groups is 1. The third-order valence-electron chi connectivity index (χ3n) is 1.89. The van der Waals surface area contributed by atoms with Crippen LogP contribution in [0.15, 0.2) is 18.2 Å². The van der Waals surface area contributed by atoms with E-state index < -0.39 is 5.41 Å². The fourth-order valence-corrected chi connectivity index (χ4v) is 1.26. The molecule has 0 aliphatic rings. The van der Waals surface area contributed by atoms with Gasteiger partial charge in [-0.15, -0.1) is 0 Å². The molecule has 2 nitrogen and oxygen atoms in total. The Bertz CT molecular complexity index is 364. The van der Waals surface area contributed by atoms with Gasteiger partial charge in [-0.05, 0) is 18.2 Å². The van der Waals surface area contributed by atoms with Crippen LogP contribution in [0, 0.1) is 5.41 Å². The summed E-state index contributed by atoms with van der Waals surface area (Å²) in [5.41, 5.74) is 0.0978. The Hall–Kier alpha value is -1.02. The molecule has 0 saturated carbocycles. The first kappa shape index (κ1) is 11.1. The summed E-state index contributed by atoms with van der Waals surface area (Å²) < 4.78 is 0. The molecule has 0 spiro atoms. The number of phenols is 1. The van der Waals surface area contributed by atoms with E-state index in [4.69, 9.17) is 11.6 Å². The number of hydrogen-bond donors (Lipinski definition) is 1. The maximum Gasteiger partial charge on any atom is 0.168 e. The van der Waals surface area contributed by atoms with Crippen LogP contribution in [-0.2, 0) is 0 Å². The number of benzene rings is 1. The fraction of sp³-hybridized carbons (Fsp3) is 0.364. The van der Waals surface area contributed by atoms with Crippen LogP contribution < -0.4 is 0 Å². The molecule has 1 aromatic rings. The van der Waals surface area contributed by atoms with E-state index in [9.17, 15) is 9.90 Å². The molecule has 14 heavy (non-hydrogen) atoms. The van der Waals surface area contributed by atoms with E-state index in [1.807, 2.05) is 20.8 Å². The van der Waals surface area contributed by atoms with E-state index in [0.717, 1.165) is 0 Å². The number of rotatable bonds is 1. The highest BCUT2D eigenvalue weighted by atomic mass is 35.5. The first-order chi connectivity index (χ1) is 6.32. The quantitative estimate of drug-likeness (QED) is 0.726.